The van der Waals surface area contributed by atoms with E-state index < -0.39 is 0 Å². The van der Waals surface area contributed by atoms with Crippen LogP contribution in [-0.4, -0.2) is 17.7 Å². The zero-order valence-electron chi connectivity index (χ0n) is 10.5. The van der Waals surface area contributed by atoms with Crippen LogP contribution in [0, 0.1) is 0 Å². The number of ether oxygens (including phenoxy) is 1. The Kier molecular flexibility index (Phi) is 7.63. The van der Waals surface area contributed by atoms with Crippen molar-refractivity contribution in [2.45, 2.75) is 32.1 Å². The predicted molar refractivity (Wildman–Crippen MR) is 75.0 cm³/mol. The van der Waals surface area contributed by atoms with Gasteiger partial charge in [-0.15, -0.1) is 0 Å². The lowest BCUT2D eigenvalue weighted by Gasteiger charge is -2.08. The summed E-state index contributed by atoms with van der Waals surface area (Å²) in [5.41, 5.74) is 1.61. The Morgan fingerprint density at radius 2 is 1.95 bits per heavy atom. The quantitative estimate of drug-likeness (QED) is 0.436. The summed E-state index contributed by atoms with van der Waals surface area (Å²) in [6.07, 6.45) is 3.85. The van der Waals surface area contributed by atoms with E-state index in [1.807, 2.05) is 0 Å². The zero-order valence-corrected chi connectivity index (χ0v) is 12.0. The molecule has 0 spiro atoms. The average Bonchev–Trinajstić information content (AvgIpc) is 2.41. The molecule has 0 unspecified atom stereocenters. The normalized spacial score (nSPS) is 10.3. The molecule has 2 N–H and O–H groups in total. The van der Waals surface area contributed by atoms with E-state index in [-0.39, 0.29) is 5.91 Å². The van der Waals surface area contributed by atoms with Gasteiger partial charge >= 0.3 is 0 Å². The molecule has 1 amide bonds. The molecule has 0 aliphatic rings. The minimum atomic E-state index is -0.345. The second-order valence-corrected chi connectivity index (χ2v) is 4.88. The largest absolute Gasteiger partial charge is 0.492 e. The van der Waals surface area contributed by atoms with Crippen molar-refractivity contribution in [2.24, 2.45) is 0 Å². The van der Waals surface area contributed by atoms with E-state index in [0.29, 0.717) is 28.8 Å². The molecule has 0 aromatic heterocycles. The Bertz CT molecular complexity index is 413. The first-order valence-electron chi connectivity index (χ1n) is 6.15. The van der Waals surface area contributed by atoms with Crippen molar-refractivity contribution < 1.29 is 14.7 Å². The number of hydrogen-bond donors (Lipinski definition) is 2. The maximum absolute atomic E-state index is 10.7. The van der Waals surface area contributed by atoms with Gasteiger partial charge in [0.05, 0.1) is 11.6 Å². The van der Waals surface area contributed by atoms with Crippen molar-refractivity contribution in [3.8, 4) is 5.75 Å². The van der Waals surface area contributed by atoms with Gasteiger partial charge in [-0.1, -0.05) is 42.1 Å². The maximum atomic E-state index is 10.7. The third-order valence-corrected chi connectivity index (χ3v) is 3.40. The molecular formula is C13H17Cl2NO3. The summed E-state index contributed by atoms with van der Waals surface area (Å²) in [5.74, 6) is 0.246. The number of unbranched alkanes of at least 4 members (excludes halogenated alkanes) is 3. The third kappa shape index (κ3) is 6.14. The molecule has 6 heteroatoms. The van der Waals surface area contributed by atoms with Crippen molar-refractivity contribution in [3.63, 3.8) is 0 Å². The van der Waals surface area contributed by atoms with Crippen LogP contribution < -0.4 is 10.2 Å². The number of rotatable bonds is 8. The minimum Gasteiger partial charge on any atom is -0.492 e. The third-order valence-electron chi connectivity index (χ3n) is 2.60. The van der Waals surface area contributed by atoms with Crippen LogP contribution in [0.3, 0.4) is 0 Å². The van der Waals surface area contributed by atoms with Gasteiger partial charge < -0.3 is 4.74 Å². The van der Waals surface area contributed by atoms with Crippen LogP contribution in [0.25, 0.3) is 0 Å². The lowest BCUT2D eigenvalue weighted by atomic mass is 10.1. The molecule has 0 saturated heterocycles. The van der Waals surface area contributed by atoms with Crippen LogP contribution in [0.2, 0.25) is 10.0 Å². The highest BCUT2D eigenvalue weighted by Crippen LogP contribution is 2.31. The Morgan fingerprint density at radius 1 is 1.21 bits per heavy atom. The second-order valence-electron chi connectivity index (χ2n) is 4.10. The zero-order chi connectivity index (χ0) is 14.1. The molecule has 1 rings (SSSR count). The SMILES string of the molecule is O=C(CCCCCCOc1cccc(Cl)c1Cl)NO. The Balaban J connectivity index is 2.11. The summed E-state index contributed by atoms with van der Waals surface area (Å²) in [6.45, 7) is 0.562. The van der Waals surface area contributed by atoms with E-state index in [1.54, 1.807) is 23.7 Å². The van der Waals surface area contributed by atoms with E-state index in [2.05, 4.69) is 0 Å². The molecule has 0 radical (unpaired) electrons. The van der Waals surface area contributed by atoms with Crippen LogP contribution in [0.5, 0.6) is 5.75 Å². The van der Waals surface area contributed by atoms with Gasteiger partial charge in [0.1, 0.15) is 10.8 Å². The highest BCUT2D eigenvalue weighted by atomic mass is 35.5. The number of hydroxylamine groups is 1. The van der Waals surface area contributed by atoms with Crippen molar-refractivity contribution >= 4 is 29.1 Å². The molecule has 1 aromatic rings. The first-order chi connectivity index (χ1) is 9.15. The fourth-order valence-corrected chi connectivity index (χ4v) is 1.92. The number of benzene rings is 1. The molecule has 0 aliphatic carbocycles. The molecule has 0 saturated carbocycles. The second kappa shape index (κ2) is 9.02. The molecule has 19 heavy (non-hydrogen) atoms. The van der Waals surface area contributed by atoms with Crippen molar-refractivity contribution in [2.75, 3.05) is 6.61 Å². The van der Waals surface area contributed by atoms with E-state index in [0.717, 1.165) is 25.7 Å². The van der Waals surface area contributed by atoms with Gasteiger partial charge in [0.25, 0.3) is 0 Å². The standard InChI is InChI=1S/C13H17Cl2NO3/c14-10-6-5-7-11(13(10)15)19-9-4-2-1-3-8-12(17)16-18/h5-7,18H,1-4,8-9H2,(H,16,17). The minimum absolute atomic E-state index is 0.345. The van der Waals surface area contributed by atoms with E-state index in [9.17, 15) is 4.79 Å². The molecule has 4 nitrogen and oxygen atoms in total. The van der Waals surface area contributed by atoms with Gasteiger partial charge in [0.2, 0.25) is 5.91 Å². The lowest BCUT2D eigenvalue weighted by molar-refractivity contribution is -0.129. The Labute approximate surface area is 122 Å². The Morgan fingerprint density at radius 3 is 2.68 bits per heavy atom. The summed E-state index contributed by atoms with van der Waals surface area (Å²) in [7, 11) is 0. The van der Waals surface area contributed by atoms with Gasteiger partial charge in [-0.3, -0.25) is 10.0 Å². The fourth-order valence-electron chi connectivity index (χ4n) is 1.57. The molecular weight excluding hydrogens is 289 g/mol. The van der Waals surface area contributed by atoms with E-state index in [1.165, 1.54) is 0 Å². The van der Waals surface area contributed by atoms with Crippen LogP contribution in [-0.2, 0) is 4.79 Å². The van der Waals surface area contributed by atoms with Gasteiger partial charge in [0.15, 0.2) is 0 Å². The van der Waals surface area contributed by atoms with Crippen LogP contribution in [0.4, 0.5) is 0 Å². The molecule has 0 heterocycles. The smallest absolute Gasteiger partial charge is 0.243 e. The summed E-state index contributed by atoms with van der Waals surface area (Å²) >= 11 is 11.8. The topological polar surface area (TPSA) is 58.6 Å². The van der Waals surface area contributed by atoms with Crippen molar-refractivity contribution in [1.29, 1.82) is 0 Å². The van der Waals surface area contributed by atoms with Crippen LogP contribution >= 0.6 is 23.2 Å². The van der Waals surface area contributed by atoms with Gasteiger partial charge in [-0.2, -0.15) is 0 Å². The van der Waals surface area contributed by atoms with E-state index >= 15 is 0 Å². The fraction of sp³-hybridized carbons (Fsp3) is 0.462. The lowest BCUT2D eigenvalue weighted by Crippen LogP contribution is -2.17. The molecule has 1 aromatic carbocycles. The predicted octanol–water partition coefficient (Wildman–Crippen LogP) is 3.83. The number of carbonyl (C=O) groups excluding carboxylic acids is 1. The van der Waals surface area contributed by atoms with Gasteiger partial charge in [0, 0.05) is 6.42 Å². The number of halogens is 2. The molecule has 0 aliphatic heterocycles. The molecule has 0 bridgehead atoms. The number of nitrogens with one attached hydrogen (secondary N) is 1. The van der Waals surface area contributed by atoms with E-state index in [4.69, 9.17) is 33.1 Å². The van der Waals surface area contributed by atoms with Crippen molar-refractivity contribution in [1.82, 2.24) is 5.48 Å². The maximum Gasteiger partial charge on any atom is 0.243 e. The molecule has 106 valence electrons. The first kappa shape index (κ1) is 16.1. The summed E-state index contributed by atoms with van der Waals surface area (Å²) in [4.78, 5) is 10.7. The van der Waals surface area contributed by atoms with Gasteiger partial charge in [-0.25, -0.2) is 5.48 Å². The summed E-state index contributed by atoms with van der Waals surface area (Å²) in [6, 6.07) is 5.28. The highest BCUT2D eigenvalue weighted by molar-refractivity contribution is 6.42. The number of amides is 1. The summed E-state index contributed by atoms with van der Waals surface area (Å²) in [5, 5.41) is 9.22. The van der Waals surface area contributed by atoms with Crippen LogP contribution in [0.1, 0.15) is 32.1 Å². The van der Waals surface area contributed by atoms with Crippen molar-refractivity contribution in [3.05, 3.63) is 28.2 Å². The number of carbonyl (C=O) groups is 1. The monoisotopic (exact) mass is 305 g/mol. The average molecular weight is 306 g/mol. The highest BCUT2D eigenvalue weighted by Gasteiger charge is 2.04. The first-order valence-corrected chi connectivity index (χ1v) is 6.90. The molecule has 0 fully saturated rings. The summed E-state index contributed by atoms with van der Waals surface area (Å²) < 4.78 is 5.53. The molecule has 0 atom stereocenters. The Hall–Kier alpha value is -0.970. The van der Waals surface area contributed by atoms with Crippen LogP contribution in [0.15, 0.2) is 18.2 Å². The van der Waals surface area contributed by atoms with Gasteiger partial charge in [-0.05, 0) is 25.0 Å². The number of hydrogen-bond acceptors (Lipinski definition) is 3.